The predicted octanol–water partition coefficient (Wildman–Crippen LogP) is 3.21. The second kappa shape index (κ2) is 5.44. The van der Waals surface area contributed by atoms with Crippen molar-refractivity contribution in [1.29, 1.82) is 0 Å². The number of anilines is 1. The van der Waals surface area contributed by atoms with Gasteiger partial charge in [0.25, 0.3) is 0 Å². The first kappa shape index (κ1) is 12.2. The first-order valence-electron chi connectivity index (χ1n) is 6.07. The Labute approximate surface area is 115 Å². The predicted molar refractivity (Wildman–Crippen MR) is 77.2 cm³/mol. The van der Waals surface area contributed by atoms with Crippen LogP contribution in [-0.2, 0) is 0 Å². The molecule has 3 aromatic rings. The zero-order valence-electron chi connectivity index (χ0n) is 10.5. The van der Waals surface area contributed by atoms with Gasteiger partial charge in [-0.2, -0.15) is 5.10 Å². The number of rotatable bonds is 3. The van der Waals surface area contributed by atoms with Gasteiger partial charge in [0.2, 0.25) is 0 Å². The van der Waals surface area contributed by atoms with Crippen LogP contribution >= 0.6 is 0 Å². The molecule has 0 amide bonds. The number of nitrogens with one attached hydrogen (secondary N) is 1. The fourth-order valence-corrected chi connectivity index (χ4v) is 1.77. The van der Waals surface area contributed by atoms with E-state index in [2.05, 4.69) is 20.5 Å². The molecule has 0 radical (unpaired) electrons. The van der Waals surface area contributed by atoms with E-state index in [9.17, 15) is 4.39 Å². The van der Waals surface area contributed by atoms with Gasteiger partial charge in [-0.1, -0.05) is 6.07 Å². The molecule has 2 aromatic carbocycles. The third kappa shape index (κ3) is 2.77. The Morgan fingerprint density at radius 2 is 1.70 bits per heavy atom. The van der Waals surface area contributed by atoms with Crippen LogP contribution in [-0.4, -0.2) is 16.2 Å². The summed E-state index contributed by atoms with van der Waals surface area (Å²) in [6, 6.07) is 11.7. The molecule has 3 rings (SSSR count). The van der Waals surface area contributed by atoms with Gasteiger partial charge in [-0.15, -0.1) is 0 Å². The number of fused-ring (bicyclic) bond motifs is 1. The minimum Gasteiger partial charge on any atom is -0.279 e. The van der Waals surface area contributed by atoms with Gasteiger partial charge in [-0.05, 0) is 42.0 Å². The third-order valence-corrected chi connectivity index (χ3v) is 2.74. The topological polar surface area (TPSA) is 50.2 Å². The minimum atomic E-state index is -0.271. The highest BCUT2D eigenvalue weighted by molar-refractivity contribution is 5.86. The maximum Gasteiger partial charge on any atom is 0.123 e. The highest BCUT2D eigenvalue weighted by atomic mass is 19.1. The van der Waals surface area contributed by atoms with Crippen LogP contribution in [0.5, 0.6) is 0 Å². The Morgan fingerprint density at radius 3 is 2.50 bits per heavy atom. The second-order valence-corrected chi connectivity index (χ2v) is 4.18. The molecule has 0 atom stereocenters. The number of benzene rings is 2. The molecule has 0 fully saturated rings. The monoisotopic (exact) mass is 266 g/mol. The van der Waals surface area contributed by atoms with Crippen LogP contribution in [0.25, 0.3) is 11.0 Å². The zero-order chi connectivity index (χ0) is 13.8. The van der Waals surface area contributed by atoms with Crippen molar-refractivity contribution in [3.05, 3.63) is 66.2 Å². The molecule has 0 aliphatic rings. The Kier molecular flexibility index (Phi) is 3.33. The summed E-state index contributed by atoms with van der Waals surface area (Å²) in [4.78, 5) is 8.43. The van der Waals surface area contributed by atoms with E-state index in [0.29, 0.717) is 0 Å². The van der Waals surface area contributed by atoms with E-state index in [1.54, 1.807) is 30.7 Å². The van der Waals surface area contributed by atoms with E-state index in [0.717, 1.165) is 22.3 Å². The largest absolute Gasteiger partial charge is 0.279 e. The van der Waals surface area contributed by atoms with Gasteiger partial charge in [-0.25, -0.2) is 4.39 Å². The maximum atomic E-state index is 12.7. The Balaban J connectivity index is 1.75. The van der Waals surface area contributed by atoms with Crippen LogP contribution in [0.3, 0.4) is 0 Å². The van der Waals surface area contributed by atoms with Crippen LogP contribution < -0.4 is 5.43 Å². The number of nitrogens with zero attached hydrogens (tertiary/aromatic N) is 3. The summed E-state index contributed by atoms with van der Waals surface area (Å²) in [5.41, 5.74) is 6.13. The van der Waals surface area contributed by atoms with Gasteiger partial charge in [0.05, 0.1) is 22.9 Å². The van der Waals surface area contributed by atoms with Crippen molar-refractivity contribution in [3.63, 3.8) is 0 Å². The summed E-state index contributed by atoms with van der Waals surface area (Å²) in [5, 5.41) is 4.10. The number of hydrogen-bond donors (Lipinski definition) is 1. The SMILES string of the molecule is Fc1ccc(N/N=C/c2ccc3nccnc3c2)cc1. The molecule has 0 bridgehead atoms. The average molecular weight is 266 g/mol. The third-order valence-electron chi connectivity index (χ3n) is 2.74. The molecule has 98 valence electrons. The second-order valence-electron chi connectivity index (χ2n) is 4.18. The highest BCUT2D eigenvalue weighted by Crippen LogP contribution is 2.10. The van der Waals surface area contributed by atoms with Crippen molar-refractivity contribution >= 4 is 22.9 Å². The lowest BCUT2D eigenvalue weighted by Gasteiger charge is -2.00. The summed E-state index contributed by atoms with van der Waals surface area (Å²) in [6.07, 6.45) is 4.99. The van der Waals surface area contributed by atoms with Gasteiger partial charge in [0, 0.05) is 12.4 Å². The molecule has 0 unspecified atom stereocenters. The van der Waals surface area contributed by atoms with Crippen molar-refractivity contribution in [1.82, 2.24) is 9.97 Å². The summed E-state index contributed by atoms with van der Waals surface area (Å²) in [5.74, 6) is -0.271. The summed E-state index contributed by atoms with van der Waals surface area (Å²) in [7, 11) is 0. The lowest BCUT2D eigenvalue weighted by atomic mass is 10.2. The van der Waals surface area contributed by atoms with E-state index in [-0.39, 0.29) is 5.82 Å². The molecule has 5 heteroatoms. The molecule has 0 saturated heterocycles. The molecule has 4 nitrogen and oxygen atoms in total. The van der Waals surface area contributed by atoms with Crippen LogP contribution in [0.1, 0.15) is 5.56 Å². The van der Waals surface area contributed by atoms with Crippen LogP contribution in [0, 0.1) is 5.82 Å². The van der Waals surface area contributed by atoms with Crippen molar-refractivity contribution in [3.8, 4) is 0 Å². The van der Waals surface area contributed by atoms with Crippen molar-refractivity contribution in [2.75, 3.05) is 5.43 Å². The highest BCUT2D eigenvalue weighted by Gasteiger charge is 1.96. The van der Waals surface area contributed by atoms with E-state index in [1.807, 2.05) is 18.2 Å². The summed E-state index contributed by atoms with van der Waals surface area (Å²) in [6.45, 7) is 0. The van der Waals surface area contributed by atoms with E-state index in [1.165, 1.54) is 12.1 Å². The number of aromatic nitrogens is 2. The molecular formula is C15H11FN4. The Hall–Kier alpha value is -2.82. The Bertz CT molecular complexity index is 753. The number of hydrazone groups is 1. The van der Waals surface area contributed by atoms with E-state index < -0.39 is 0 Å². The molecule has 0 aliphatic carbocycles. The van der Waals surface area contributed by atoms with E-state index >= 15 is 0 Å². The van der Waals surface area contributed by atoms with Crippen LogP contribution in [0.2, 0.25) is 0 Å². The van der Waals surface area contributed by atoms with Crippen LogP contribution in [0.15, 0.2) is 60.0 Å². The normalized spacial score (nSPS) is 11.1. The molecule has 1 N–H and O–H groups in total. The fourth-order valence-electron chi connectivity index (χ4n) is 1.77. The average Bonchev–Trinajstić information content (AvgIpc) is 2.49. The number of halogens is 1. The van der Waals surface area contributed by atoms with Gasteiger partial charge in [0.1, 0.15) is 5.82 Å². The van der Waals surface area contributed by atoms with Gasteiger partial charge in [-0.3, -0.25) is 15.4 Å². The van der Waals surface area contributed by atoms with Crippen LogP contribution in [0.4, 0.5) is 10.1 Å². The first-order valence-corrected chi connectivity index (χ1v) is 6.07. The number of hydrogen-bond acceptors (Lipinski definition) is 4. The fraction of sp³-hybridized carbons (Fsp3) is 0. The lowest BCUT2D eigenvalue weighted by molar-refractivity contribution is 0.628. The Morgan fingerprint density at radius 1 is 0.950 bits per heavy atom. The molecular weight excluding hydrogens is 255 g/mol. The first-order chi connectivity index (χ1) is 9.81. The van der Waals surface area contributed by atoms with Crippen molar-refractivity contribution in [2.45, 2.75) is 0 Å². The summed E-state index contributed by atoms with van der Waals surface area (Å²) < 4.78 is 12.7. The standard InChI is InChI=1S/C15H11FN4/c16-12-2-4-13(5-3-12)20-19-10-11-1-6-14-15(9-11)18-8-7-17-14/h1-10,20H/b19-10+. The molecule has 0 aliphatic heterocycles. The van der Waals surface area contributed by atoms with Gasteiger partial charge in [0.15, 0.2) is 0 Å². The maximum absolute atomic E-state index is 12.7. The smallest absolute Gasteiger partial charge is 0.123 e. The summed E-state index contributed by atoms with van der Waals surface area (Å²) >= 11 is 0. The minimum absolute atomic E-state index is 0.271. The molecule has 20 heavy (non-hydrogen) atoms. The lowest BCUT2D eigenvalue weighted by Crippen LogP contribution is -1.91. The van der Waals surface area contributed by atoms with Crippen molar-refractivity contribution in [2.24, 2.45) is 5.10 Å². The zero-order valence-corrected chi connectivity index (χ0v) is 10.5. The van der Waals surface area contributed by atoms with E-state index in [4.69, 9.17) is 0 Å². The molecule has 0 saturated carbocycles. The molecule has 1 aromatic heterocycles. The van der Waals surface area contributed by atoms with Gasteiger partial charge >= 0.3 is 0 Å². The van der Waals surface area contributed by atoms with Gasteiger partial charge < -0.3 is 0 Å². The molecule has 1 heterocycles. The molecule has 0 spiro atoms. The quantitative estimate of drug-likeness (QED) is 0.585. The van der Waals surface area contributed by atoms with Crippen molar-refractivity contribution < 1.29 is 4.39 Å².